The Labute approximate surface area is 103 Å². The van der Waals surface area contributed by atoms with Crippen LogP contribution < -0.4 is 10.5 Å². The molecule has 0 unspecified atom stereocenters. The molecule has 0 amide bonds. The third-order valence-electron chi connectivity index (χ3n) is 2.28. The minimum Gasteiger partial charge on any atom is -0.432 e. The van der Waals surface area contributed by atoms with Crippen LogP contribution in [0, 0.1) is 17.0 Å². The summed E-state index contributed by atoms with van der Waals surface area (Å²) in [7, 11) is 0. The molecule has 6 nitrogen and oxygen atoms in total. The average molecular weight is 245 g/mol. The minimum atomic E-state index is -0.486. The van der Waals surface area contributed by atoms with Crippen molar-refractivity contribution in [1.29, 1.82) is 0 Å². The number of ether oxygens (including phenoxy) is 1. The van der Waals surface area contributed by atoms with Crippen molar-refractivity contribution < 1.29 is 9.66 Å². The van der Waals surface area contributed by atoms with E-state index in [-0.39, 0.29) is 17.3 Å². The summed E-state index contributed by atoms with van der Waals surface area (Å²) in [6.45, 7) is 1.78. The molecule has 0 aliphatic heterocycles. The third-order valence-corrected chi connectivity index (χ3v) is 2.28. The lowest BCUT2D eigenvalue weighted by Gasteiger charge is -2.06. The monoisotopic (exact) mass is 245 g/mol. The fourth-order valence-corrected chi connectivity index (χ4v) is 1.42. The Morgan fingerprint density at radius 3 is 2.72 bits per heavy atom. The van der Waals surface area contributed by atoms with Crippen molar-refractivity contribution in [1.82, 2.24) is 4.98 Å². The fourth-order valence-electron chi connectivity index (χ4n) is 1.42. The summed E-state index contributed by atoms with van der Waals surface area (Å²) in [6, 6.07) is 7.90. The van der Waals surface area contributed by atoms with E-state index in [0.717, 1.165) is 5.56 Å². The van der Waals surface area contributed by atoms with Gasteiger partial charge in [-0.1, -0.05) is 6.07 Å². The van der Waals surface area contributed by atoms with Gasteiger partial charge < -0.3 is 10.5 Å². The Kier molecular flexibility index (Phi) is 3.09. The molecule has 1 aromatic carbocycles. The van der Waals surface area contributed by atoms with Gasteiger partial charge in [0.1, 0.15) is 0 Å². The summed E-state index contributed by atoms with van der Waals surface area (Å²) < 4.78 is 5.37. The molecule has 0 spiro atoms. The Morgan fingerprint density at radius 1 is 1.33 bits per heavy atom. The Bertz CT molecular complexity index is 582. The smallest absolute Gasteiger partial charge is 0.311 e. The molecule has 92 valence electrons. The summed E-state index contributed by atoms with van der Waals surface area (Å²) in [5.41, 5.74) is 6.69. The van der Waals surface area contributed by atoms with Crippen LogP contribution >= 0.6 is 0 Å². The summed E-state index contributed by atoms with van der Waals surface area (Å²) >= 11 is 0. The molecule has 0 aliphatic rings. The van der Waals surface area contributed by atoms with E-state index in [1.807, 2.05) is 0 Å². The Hall–Kier alpha value is -2.63. The average Bonchev–Trinajstić information content (AvgIpc) is 2.34. The highest BCUT2D eigenvalue weighted by molar-refractivity contribution is 5.50. The topological polar surface area (TPSA) is 91.3 Å². The predicted molar refractivity (Wildman–Crippen MR) is 66.6 cm³/mol. The number of hydrogen-bond donors (Lipinski definition) is 1. The van der Waals surface area contributed by atoms with Crippen LogP contribution in [0.15, 0.2) is 36.5 Å². The molecular formula is C12H11N3O3. The van der Waals surface area contributed by atoms with Crippen LogP contribution in [-0.2, 0) is 0 Å². The van der Waals surface area contributed by atoms with Crippen molar-refractivity contribution in [2.24, 2.45) is 0 Å². The van der Waals surface area contributed by atoms with E-state index >= 15 is 0 Å². The highest BCUT2D eigenvalue weighted by Gasteiger charge is 2.16. The van der Waals surface area contributed by atoms with E-state index in [9.17, 15) is 10.1 Å². The van der Waals surface area contributed by atoms with Gasteiger partial charge in [-0.25, -0.2) is 4.98 Å². The van der Waals surface area contributed by atoms with Crippen LogP contribution in [0.5, 0.6) is 11.6 Å². The number of nitro groups is 1. The first kappa shape index (κ1) is 11.8. The number of hydrogen-bond acceptors (Lipinski definition) is 5. The minimum absolute atomic E-state index is 0.0892. The second-order valence-corrected chi connectivity index (χ2v) is 3.76. The first-order valence-electron chi connectivity index (χ1n) is 5.20. The summed E-state index contributed by atoms with van der Waals surface area (Å²) in [5.74, 6) is 0.416. The van der Waals surface area contributed by atoms with Crippen LogP contribution in [-0.4, -0.2) is 9.91 Å². The zero-order valence-electron chi connectivity index (χ0n) is 9.66. The van der Waals surface area contributed by atoms with Gasteiger partial charge in [0, 0.05) is 12.1 Å². The van der Waals surface area contributed by atoms with Crippen LogP contribution in [0.3, 0.4) is 0 Å². The molecule has 0 aliphatic carbocycles. The number of nitrogens with two attached hydrogens (primary N) is 1. The van der Waals surface area contributed by atoms with Crippen molar-refractivity contribution in [2.45, 2.75) is 6.92 Å². The van der Waals surface area contributed by atoms with E-state index in [4.69, 9.17) is 10.5 Å². The number of pyridine rings is 1. The highest BCUT2D eigenvalue weighted by atomic mass is 16.6. The number of benzene rings is 1. The maximum absolute atomic E-state index is 10.9. The third kappa shape index (κ3) is 2.54. The molecule has 0 fully saturated rings. The highest BCUT2D eigenvalue weighted by Crippen LogP contribution is 2.31. The van der Waals surface area contributed by atoms with Crippen molar-refractivity contribution in [3.63, 3.8) is 0 Å². The Balaban J connectivity index is 2.34. The zero-order valence-corrected chi connectivity index (χ0v) is 9.66. The molecule has 0 saturated heterocycles. The molecule has 0 saturated carbocycles. The van der Waals surface area contributed by atoms with Crippen molar-refractivity contribution in [3.05, 3.63) is 52.2 Å². The van der Waals surface area contributed by atoms with Gasteiger partial charge in [-0.2, -0.15) is 0 Å². The van der Waals surface area contributed by atoms with Gasteiger partial charge in [-0.15, -0.1) is 0 Å². The number of aryl methyl sites for hydroxylation is 1. The maximum atomic E-state index is 10.9. The maximum Gasteiger partial charge on any atom is 0.311 e. The molecule has 2 N–H and O–H groups in total. The number of nitro benzene ring substituents is 1. The molecule has 1 heterocycles. The lowest BCUT2D eigenvalue weighted by atomic mass is 10.2. The van der Waals surface area contributed by atoms with Gasteiger partial charge in [0.05, 0.1) is 16.8 Å². The van der Waals surface area contributed by atoms with E-state index < -0.39 is 4.92 Å². The fraction of sp³-hybridized carbons (Fsp3) is 0.0833. The molecule has 18 heavy (non-hydrogen) atoms. The molecule has 1 aromatic heterocycles. The van der Waals surface area contributed by atoms with Crippen LogP contribution in [0.25, 0.3) is 0 Å². The van der Waals surface area contributed by atoms with Crippen molar-refractivity contribution >= 4 is 11.4 Å². The summed E-state index contributed by atoms with van der Waals surface area (Å²) in [5, 5.41) is 10.9. The van der Waals surface area contributed by atoms with Gasteiger partial charge >= 0.3 is 5.69 Å². The largest absolute Gasteiger partial charge is 0.432 e. The first-order valence-corrected chi connectivity index (χ1v) is 5.20. The van der Waals surface area contributed by atoms with Crippen molar-refractivity contribution in [2.75, 3.05) is 5.73 Å². The number of nitrogen functional groups attached to an aromatic ring is 1. The quantitative estimate of drug-likeness (QED) is 0.663. The predicted octanol–water partition coefficient (Wildman–Crippen LogP) is 2.67. The Morgan fingerprint density at radius 2 is 2.11 bits per heavy atom. The molecular weight excluding hydrogens is 234 g/mol. The van der Waals surface area contributed by atoms with Gasteiger partial charge in [0.25, 0.3) is 0 Å². The molecule has 0 atom stereocenters. The van der Waals surface area contributed by atoms with Gasteiger partial charge in [0.2, 0.25) is 11.6 Å². The van der Waals surface area contributed by atoms with E-state index in [2.05, 4.69) is 4.98 Å². The molecule has 2 aromatic rings. The second kappa shape index (κ2) is 4.70. The van der Waals surface area contributed by atoms with Crippen LogP contribution in [0.2, 0.25) is 0 Å². The SMILES string of the molecule is Cc1ccc(Oc2ccc(N)cn2)c([N+](=O)[O-])c1. The van der Waals surface area contributed by atoms with Crippen LogP contribution in [0.4, 0.5) is 11.4 Å². The molecule has 2 rings (SSSR count). The van der Waals surface area contributed by atoms with E-state index in [0.29, 0.717) is 5.69 Å². The number of rotatable bonds is 3. The first-order chi connectivity index (χ1) is 8.56. The summed E-state index contributed by atoms with van der Waals surface area (Å²) in [6.07, 6.45) is 1.43. The van der Waals surface area contributed by atoms with E-state index in [1.165, 1.54) is 12.3 Å². The standard InChI is InChI=1S/C12H11N3O3/c1-8-2-4-11(10(6-8)15(16)17)18-12-5-3-9(13)7-14-12/h2-7H,13H2,1H3. The van der Waals surface area contributed by atoms with Gasteiger partial charge in [-0.3, -0.25) is 10.1 Å². The summed E-state index contributed by atoms with van der Waals surface area (Å²) in [4.78, 5) is 14.3. The van der Waals surface area contributed by atoms with Gasteiger partial charge in [-0.05, 0) is 24.6 Å². The molecule has 6 heteroatoms. The number of aromatic nitrogens is 1. The van der Waals surface area contributed by atoms with Crippen molar-refractivity contribution in [3.8, 4) is 11.6 Å². The lowest BCUT2D eigenvalue weighted by molar-refractivity contribution is -0.385. The van der Waals surface area contributed by atoms with Gasteiger partial charge in [0.15, 0.2) is 0 Å². The number of anilines is 1. The molecule has 0 radical (unpaired) electrons. The number of nitrogens with zero attached hydrogens (tertiary/aromatic N) is 2. The molecule has 0 bridgehead atoms. The van der Waals surface area contributed by atoms with Crippen LogP contribution in [0.1, 0.15) is 5.56 Å². The van der Waals surface area contributed by atoms with E-state index in [1.54, 1.807) is 31.2 Å². The zero-order chi connectivity index (χ0) is 13.1. The normalized spacial score (nSPS) is 10.1. The second-order valence-electron chi connectivity index (χ2n) is 3.76. The lowest BCUT2D eigenvalue weighted by Crippen LogP contribution is -1.95.